The van der Waals surface area contributed by atoms with Crippen molar-refractivity contribution in [2.24, 2.45) is 5.92 Å². The van der Waals surface area contributed by atoms with Crippen LogP contribution in [0.2, 0.25) is 0 Å². The molecule has 6 heteroatoms. The minimum absolute atomic E-state index is 0.131. The van der Waals surface area contributed by atoms with Crippen molar-refractivity contribution in [3.05, 3.63) is 47.5 Å². The highest BCUT2D eigenvalue weighted by Crippen LogP contribution is 2.24. The zero-order valence-corrected chi connectivity index (χ0v) is 13.0. The molecule has 1 saturated carbocycles. The Kier molecular flexibility index (Phi) is 4.43. The molecule has 0 saturated heterocycles. The van der Waals surface area contributed by atoms with Gasteiger partial charge in [-0.25, -0.2) is 9.07 Å². The number of nitrogens with one attached hydrogen (secondary N) is 1. The quantitative estimate of drug-likeness (QED) is 0.908. The van der Waals surface area contributed by atoms with Crippen LogP contribution in [0.1, 0.15) is 35.3 Å². The summed E-state index contributed by atoms with van der Waals surface area (Å²) < 4.78 is 14.6. The second kappa shape index (κ2) is 6.50. The van der Waals surface area contributed by atoms with Gasteiger partial charge in [-0.15, -0.1) is 0 Å². The van der Waals surface area contributed by atoms with Gasteiger partial charge >= 0.3 is 0 Å². The van der Waals surface area contributed by atoms with E-state index in [1.165, 1.54) is 18.3 Å². The van der Waals surface area contributed by atoms with Gasteiger partial charge in [-0.05, 0) is 44.0 Å². The van der Waals surface area contributed by atoms with Gasteiger partial charge in [-0.1, -0.05) is 6.42 Å². The second-order valence-electron chi connectivity index (χ2n) is 6.00. The molecule has 1 amide bonds. The number of aliphatic hydroxyl groups excluding tert-OH is 1. The Labute approximate surface area is 134 Å². The molecule has 23 heavy (non-hydrogen) atoms. The molecule has 5 nitrogen and oxygen atoms in total. The van der Waals surface area contributed by atoms with Crippen molar-refractivity contribution in [2.45, 2.75) is 32.3 Å². The molecule has 0 aliphatic heterocycles. The number of nitrogens with zero attached hydrogens (tertiary/aromatic N) is 2. The molecule has 2 aromatic rings. The molecule has 1 aliphatic rings. The van der Waals surface area contributed by atoms with Crippen molar-refractivity contribution in [3.63, 3.8) is 0 Å². The van der Waals surface area contributed by atoms with Crippen molar-refractivity contribution in [1.29, 1.82) is 0 Å². The summed E-state index contributed by atoms with van der Waals surface area (Å²) in [5, 5.41) is 16.9. The molecule has 1 heterocycles. The molecule has 0 bridgehead atoms. The molecule has 0 spiro atoms. The lowest BCUT2D eigenvalue weighted by atomic mass is 10.1. The number of benzene rings is 1. The van der Waals surface area contributed by atoms with Crippen LogP contribution in [0.5, 0.6) is 0 Å². The summed E-state index contributed by atoms with van der Waals surface area (Å²) in [6, 6.07) is 5.95. The van der Waals surface area contributed by atoms with Crippen LogP contribution in [0.4, 0.5) is 4.39 Å². The Morgan fingerprint density at radius 2 is 2.13 bits per heavy atom. The molecule has 2 unspecified atom stereocenters. The van der Waals surface area contributed by atoms with Gasteiger partial charge in [-0.2, -0.15) is 5.10 Å². The lowest BCUT2D eigenvalue weighted by Gasteiger charge is -2.15. The first-order valence-electron chi connectivity index (χ1n) is 7.83. The van der Waals surface area contributed by atoms with E-state index in [2.05, 4.69) is 10.4 Å². The molecule has 0 radical (unpaired) electrons. The Hall–Kier alpha value is -2.21. The standard InChI is InChI=1S/C17H20FN3O2/c1-11-15(17(23)19-9-12-3-2-4-16(12)22)10-20-21(11)14-7-5-13(18)6-8-14/h5-8,10,12,16,22H,2-4,9H2,1H3,(H,19,23). The average Bonchev–Trinajstić information content (AvgIpc) is 3.12. The first-order valence-corrected chi connectivity index (χ1v) is 7.83. The van der Waals surface area contributed by atoms with Gasteiger partial charge in [0.15, 0.2) is 0 Å². The first-order chi connectivity index (χ1) is 11.1. The fourth-order valence-electron chi connectivity index (χ4n) is 3.05. The Balaban J connectivity index is 1.71. The van der Waals surface area contributed by atoms with E-state index in [0.717, 1.165) is 19.3 Å². The van der Waals surface area contributed by atoms with E-state index in [1.54, 1.807) is 23.7 Å². The number of hydrogen-bond donors (Lipinski definition) is 2. The number of hydrogen-bond acceptors (Lipinski definition) is 3. The van der Waals surface area contributed by atoms with E-state index < -0.39 is 0 Å². The van der Waals surface area contributed by atoms with Gasteiger partial charge in [0.05, 0.1) is 29.2 Å². The van der Waals surface area contributed by atoms with E-state index in [1.807, 2.05) is 0 Å². The maximum absolute atomic E-state index is 13.0. The zero-order valence-electron chi connectivity index (χ0n) is 13.0. The van der Waals surface area contributed by atoms with Crippen molar-refractivity contribution < 1.29 is 14.3 Å². The topological polar surface area (TPSA) is 67.2 Å². The van der Waals surface area contributed by atoms with E-state index in [-0.39, 0.29) is 23.7 Å². The van der Waals surface area contributed by atoms with Crippen molar-refractivity contribution in [1.82, 2.24) is 15.1 Å². The summed E-state index contributed by atoms with van der Waals surface area (Å²) in [6.07, 6.45) is 3.94. The number of rotatable bonds is 4. The van der Waals surface area contributed by atoms with Crippen LogP contribution in [0.25, 0.3) is 5.69 Å². The summed E-state index contributed by atoms with van der Waals surface area (Å²) in [5.74, 6) is -0.381. The summed E-state index contributed by atoms with van der Waals surface area (Å²) in [5.41, 5.74) is 1.89. The average molecular weight is 317 g/mol. The van der Waals surface area contributed by atoms with E-state index >= 15 is 0 Å². The van der Waals surface area contributed by atoms with E-state index in [4.69, 9.17) is 0 Å². The highest BCUT2D eigenvalue weighted by molar-refractivity contribution is 5.95. The number of carbonyl (C=O) groups excluding carboxylic acids is 1. The number of aromatic nitrogens is 2. The number of amides is 1. The summed E-state index contributed by atoms with van der Waals surface area (Å²) in [6.45, 7) is 2.27. The maximum Gasteiger partial charge on any atom is 0.254 e. The first kappa shape index (κ1) is 15.7. The van der Waals surface area contributed by atoms with Crippen LogP contribution in [0, 0.1) is 18.7 Å². The zero-order chi connectivity index (χ0) is 16.4. The van der Waals surface area contributed by atoms with E-state index in [9.17, 15) is 14.3 Å². The Bertz CT molecular complexity index is 696. The molecule has 122 valence electrons. The smallest absolute Gasteiger partial charge is 0.254 e. The van der Waals surface area contributed by atoms with E-state index in [0.29, 0.717) is 23.5 Å². The Morgan fingerprint density at radius 3 is 2.78 bits per heavy atom. The van der Waals surface area contributed by atoms with Crippen LogP contribution in [0.15, 0.2) is 30.5 Å². The minimum Gasteiger partial charge on any atom is -0.393 e. The molecule has 3 rings (SSSR count). The van der Waals surface area contributed by atoms with Crippen LogP contribution in [-0.2, 0) is 0 Å². The molecule has 1 aromatic carbocycles. The number of aliphatic hydroxyl groups is 1. The van der Waals surface area contributed by atoms with Crippen molar-refractivity contribution in [3.8, 4) is 5.69 Å². The van der Waals surface area contributed by atoms with Crippen LogP contribution in [0.3, 0.4) is 0 Å². The largest absolute Gasteiger partial charge is 0.393 e. The molecule has 1 aliphatic carbocycles. The maximum atomic E-state index is 13.0. The monoisotopic (exact) mass is 317 g/mol. The lowest BCUT2D eigenvalue weighted by molar-refractivity contribution is 0.0916. The fraction of sp³-hybridized carbons (Fsp3) is 0.412. The SMILES string of the molecule is Cc1c(C(=O)NCC2CCCC2O)cnn1-c1ccc(F)cc1. The van der Waals surface area contributed by atoms with Gasteiger partial charge < -0.3 is 10.4 Å². The third-order valence-corrected chi connectivity index (χ3v) is 4.47. The van der Waals surface area contributed by atoms with Gasteiger partial charge in [0, 0.05) is 12.5 Å². The molecule has 2 N–H and O–H groups in total. The molecular formula is C17H20FN3O2. The molecule has 2 atom stereocenters. The summed E-state index contributed by atoms with van der Waals surface area (Å²) in [7, 11) is 0. The highest BCUT2D eigenvalue weighted by Gasteiger charge is 2.26. The summed E-state index contributed by atoms with van der Waals surface area (Å²) >= 11 is 0. The molecule has 1 aromatic heterocycles. The summed E-state index contributed by atoms with van der Waals surface area (Å²) in [4.78, 5) is 12.3. The normalized spacial score (nSPS) is 20.7. The molecular weight excluding hydrogens is 297 g/mol. The fourth-order valence-corrected chi connectivity index (χ4v) is 3.05. The predicted molar refractivity (Wildman–Crippen MR) is 83.9 cm³/mol. The van der Waals surface area contributed by atoms with Gasteiger partial charge in [-0.3, -0.25) is 4.79 Å². The highest BCUT2D eigenvalue weighted by atomic mass is 19.1. The number of halogens is 1. The molecule has 1 fully saturated rings. The van der Waals surface area contributed by atoms with Crippen molar-refractivity contribution in [2.75, 3.05) is 6.54 Å². The number of carbonyl (C=O) groups is 1. The van der Waals surface area contributed by atoms with Crippen LogP contribution in [-0.4, -0.2) is 33.4 Å². The van der Waals surface area contributed by atoms with Crippen molar-refractivity contribution >= 4 is 5.91 Å². The van der Waals surface area contributed by atoms with Crippen LogP contribution < -0.4 is 5.32 Å². The van der Waals surface area contributed by atoms with Crippen LogP contribution >= 0.6 is 0 Å². The Morgan fingerprint density at radius 1 is 1.39 bits per heavy atom. The van der Waals surface area contributed by atoms with Gasteiger partial charge in [0.2, 0.25) is 0 Å². The third-order valence-electron chi connectivity index (χ3n) is 4.47. The van der Waals surface area contributed by atoms with Gasteiger partial charge in [0.1, 0.15) is 5.82 Å². The minimum atomic E-state index is -0.321. The lowest BCUT2D eigenvalue weighted by Crippen LogP contribution is -2.32. The third kappa shape index (κ3) is 3.27. The second-order valence-corrected chi connectivity index (χ2v) is 6.00. The van der Waals surface area contributed by atoms with Gasteiger partial charge in [0.25, 0.3) is 5.91 Å². The predicted octanol–water partition coefficient (Wildman–Crippen LogP) is 2.21.